The summed E-state index contributed by atoms with van der Waals surface area (Å²) < 4.78 is 153. The summed E-state index contributed by atoms with van der Waals surface area (Å²) >= 11 is 25.5. The average Bonchev–Trinajstić information content (AvgIpc) is 3.27. The van der Waals surface area contributed by atoms with E-state index < -0.39 is 118 Å². The highest BCUT2D eigenvalue weighted by Crippen LogP contribution is 2.30. The van der Waals surface area contributed by atoms with Crippen molar-refractivity contribution in [3.05, 3.63) is 146 Å². The zero-order valence-corrected chi connectivity index (χ0v) is 45.9. The number of halogens is 21. The Morgan fingerprint density at radius 2 is 0.507 bits per heavy atom. The molecule has 69 heavy (non-hydrogen) atoms. The number of anilines is 3. The first-order valence-corrected chi connectivity index (χ1v) is 22.9. The third-order valence-electron chi connectivity index (χ3n) is 6.45. The van der Waals surface area contributed by atoms with Crippen LogP contribution in [-0.2, 0) is 0 Å². The van der Waals surface area contributed by atoms with E-state index in [1.807, 2.05) is 0 Å². The van der Waals surface area contributed by atoms with E-state index in [0.29, 0.717) is 45.1 Å². The fraction of sp³-hybridized carbons (Fsp3) is 0. The molecule has 0 saturated carbocycles. The highest BCUT2D eigenvalue weighted by Gasteiger charge is 2.30. The Labute approximate surface area is 450 Å². The van der Waals surface area contributed by atoms with Gasteiger partial charge in [0.25, 0.3) is 0 Å². The van der Waals surface area contributed by atoms with Crippen LogP contribution >= 0.6 is 143 Å². The standard InChI is InChI=1S/3C7HBrF4O2.3C4H3Br2N3/c3*8-2-5(11)3(9)1(7(13)14)4(10)6(2)12;3*5-2-1-8-4(7)3(6)9-2/h3*(H,13,14);3*1H,(H2,7,8). The van der Waals surface area contributed by atoms with Crippen molar-refractivity contribution in [2.45, 2.75) is 0 Å². The third kappa shape index (κ3) is 17.5. The van der Waals surface area contributed by atoms with Crippen molar-refractivity contribution in [1.82, 2.24) is 29.9 Å². The normalized spacial score (nSPS) is 10.0. The number of hydrogen-bond donors (Lipinski definition) is 6. The van der Waals surface area contributed by atoms with E-state index in [0.717, 1.165) is 0 Å². The zero-order chi connectivity index (χ0) is 53.7. The predicted octanol–water partition coefficient (Wildman–Crippen LogP) is 12.9. The summed E-state index contributed by atoms with van der Waals surface area (Å²) in [7, 11) is 0. The molecule has 0 amide bonds. The van der Waals surface area contributed by atoms with E-state index in [1.54, 1.807) is 18.6 Å². The van der Waals surface area contributed by atoms with Crippen molar-refractivity contribution < 1.29 is 82.4 Å². The highest BCUT2D eigenvalue weighted by molar-refractivity contribution is 9.12. The van der Waals surface area contributed by atoms with Crippen LogP contribution in [-0.4, -0.2) is 63.1 Å². The molecule has 0 radical (unpaired) electrons. The van der Waals surface area contributed by atoms with Crippen molar-refractivity contribution in [1.29, 1.82) is 0 Å². The molecule has 15 nitrogen and oxygen atoms in total. The summed E-state index contributed by atoms with van der Waals surface area (Å²) in [6, 6.07) is 0. The van der Waals surface area contributed by atoms with Crippen LogP contribution in [0.2, 0.25) is 0 Å². The van der Waals surface area contributed by atoms with Gasteiger partial charge in [0.05, 0.1) is 32.0 Å². The molecule has 0 aliphatic rings. The fourth-order valence-corrected chi connectivity index (χ4v) is 6.92. The third-order valence-corrected chi connectivity index (χ3v) is 11.4. The lowest BCUT2D eigenvalue weighted by Gasteiger charge is -2.04. The van der Waals surface area contributed by atoms with Gasteiger partial charge in [-0.05, 0) is 143 Å². The van der Waals surface area contributed by atoms with Crippen LogP contribution in [0.25, 0.3) is 0 Å². The molecule has 36 heteroatoms. The van der Waals surface area contributed by atoms with Crippen LogP contribution in [0.5, 0.6) is 0 Å². The maximum atomic E-state index is 12.8. The second-order valence-electron chi connectivity index (χ2n) is 10.9. The molecule has 0 aliphatic heterocycles. The molecular weight excluding hydrogens is 1570 g/mol. The zero-order valence-electron chi connectivity index (χ0n) is 31.7. The summed E-state index contributed by atoms with van der Waals surface area (Å²) in [5.74, 6) is -27.3. The van der Waals surface area contributed by atoms with Crippen molar-refractivity contribution in [3.63, 3.8) is 0 Å². The van der Waals surface area contributed by atoms with E-state index in [4.69, 9.17) is 32.5 Å². The van der Waals surface area contributed by atoms with Crippen LogP contribution in [0.1, 0.15) is 31.1 Å². The molecule has 3 heterocycles. The molecule has 3 aromatic carbocycles. The number of aromatic nitrogens is 6. The second-order valence-corrected chi connectivity index (χ2v) is 17.9. The van der Waals surface area contributed by atoms with Gasteiger partial charge in [-0.3, -0.25) is 0 Å². The summed E-state index contributed by atoms with van der Waals surface area (Å²) in [6.07, 6.45) is 4.63. The molecule has 9 N–H and O–H groups in total. The minimum Gasteiger partial charge on any atom is -0.477 e. The van der Waals surface area contributed by atoms with Gasteiger partial charge in [0.15, 0.2) is 87.3 Å². The molecule has 0 aliphatic carbocycles. The summed E-state index contributed by atoms with van der Waals surface area (Å²) in [6.45, 7) is 0. The topological polar surface area (TPSA) is 267 Å². The molecular formula is C33H12Br9F12N9O6. The average molecular weight is 1580 g/mol. The number of carboxylic acids is 3. The molecule has 6 aromatic rings. The number of benzene rings is 3. The first-order chi connectivity index (χ1) is 31.7. The number of carbonyl (C=O) groups is 3. The molecule has 6 rings (SSSR count). The van der Waals surface area contributed by atoms with Crippen molar-refractivity contribution in [2.24, 2.45) is 0 Å². The molecule has 0 saturated heterocycles. The van der Waals surface area contributed by atoms with E-state index in [-0.39, 0.29) is 0 Å². The van der Waals surface area contributed by atoms with Gasteiger partial charge >= 0.3 is 17.9 Å². The lowest BCUT2D eigenvalue weighted by atomic mass is 10.2. The Balaban J connectivity index is 0.000000419. The van der Waals surface area contributed by atoms with Gasteiger partial charge in [-0.1, -0.05) is 0 Å². The summed E-state index contributed by atoms with van der Waals surface area (Å²) in [4.78, 5) is 53.8. The SMILES string of the molecule is Nc1ncc(Br)nc1Br.Nc1ncc(Br)nc1Br.Nc1ncc(Br)nc1Br.O=C(O)c1c(F)c(F)c(Br)c(F)c1F.O=C(O)c1c(F)c(F)c(Br)c(F)c1F.O=C(O)c1c(F)c(F)c(Br)c(F)c1F. The smallest absolute Gasteiger partial charge is 0.341 e. The van der Waals surface area contributed by atoms with Gasteiger partial charge in [0.1, 0.15) is 44.3 Å². The quantitative estimate of drug-likeness (QED) is 0.0546. The predicted molar refractivity (Wildman–Crippen MR) is 248 cm³/mol. The van der Waals surface area contributed by atoms with Crippen LogP contribution < -0.4 is 17.2 Å². The molecule has 0 fully saturated rings. The number of carboxylic acid groups (broad SMARTS) is 3. The van der Waals surface area contributed by atoms with Gasteiger partial charge in [0, 0.05) is 0 Å². The van der Waals surface area contributed by atoms with Crippen LogP contribution in [0.4, 0.5) is 70.1 Å². The minimum absolute atomic E-state index is 0.401. The maximum Gasteiger partial charge on any atom is 0.341 e. The van der Waals surface area contributed by atoms with Crippen molar-refractivity contribution in [3.8, 4) is 0 Å². The Kier molecular flexibility index (Phi) is 25.9. The Morgan fingerprint density at radius 1 is 0.348 bits per heavy atom. The molecule has 372 valence electrons. The summed E-state index contributed by atoms with van der Waals surface area (Å²) in [5, 5.41) is 24.8. The molecule has 0 unspecified atom stereocenters. The minimum atomic E-state index is -2.08. The number of nitrogens with two attached hydrogens (primary N) is 3. The highest BCUT2D eigenvalue weighted by atomic mass is 79.9. The number of aromatic carboxylic acids is 3. The van der Waals surface area contributed by atoms with Gasteiger partial charge in [-0.25, -0.2) is 97.0 Å². The van der Waals surface area contributed by atoms with Crippen LogP contribution in [0.15, 0.2) is 59.6 Å². The lowest BCUT2D eigenvalue weighted by Crippen LogP contribution is -2.10. The lowest BCUT2D eigenvalue weighted by molar-refractivity contribution is 0.0672. The van der Waals surface area contributed by atoms with E-state index >= 15 is 0 Å². The summed E-state index contributed by atoms with van der Waals surface area (Å²) in [5.41, 5.74) is 11.1. The van der Waals surface area contributed by atoms with Crippen molar-refractivity contribution >= 4 is 179 Å². The van der Waals surface area contributed by atoms with Crippen molar-refractivity contribution in [2.75, 3.05) is 17.2 Å². The molecule has 3 aromatic heterocycles. The Morgan fingerprint density at radius 3 is 0.623 bits per heavy atom. The maximum absolute atomic E-state index is 12.8. The second kappa shape index (κ2) is 28.3. The van der Waals surface area contributed by atoms with Gasteiger partial charge in [-0.2, -0.15) is 0 Å². The Bertz CT molecular complexity index is 2550. The Hall–Kier alpha value is -3.81. The van der Waals surface area contributed by atoms with E-state index in [9.17, 15) is 67.1 Å². The van der Waals surface area contributed by atoms with Crippen LogP contribution in [0, 0.1) is 69.8 Å². The first-order valence-electron chi connectivity index (χ1n) is 15.8. The van der Waals surface area contributed by atoms with Crippen LogP contribution in [0.3, 0.4) is 0 Å². The number of nitrogens with zero attached hydrogens (tertiary/aromatic N) is 6. The molecule has 0 bridgehead atoms. The van der Waals surface area contributed by atoms with Gasteiger partial charge in [0.2, 0.25) is 0 Å². The van der Waals surface area contributed by atoms with Gasteiger partial charge in [-0.15, -0.1) is 0 Å². The number of rotatable bonds is 3. The molecule has 0 spiro atoms. The van der Waals surface area contributed by atoms with E-state index in [2.05, 4.69) is 173 Å². The fourth-order valence-electron chi connectivity index (χ4n) is 3.45. The molecule has 0 atom stereocenters. The first kappa shape index (κ1) is 63.2. The number of hydrogen-bond acceptors (Lipinski definition) is 12. The van der Waals surface area contributed by atoms with E-state index in [1.165, 1.54) is 0 Å². The largest absolute Gasteiger partial charge is 0.477 e. The van der Waals surface area contributed by atoms with Gasteiger partial charge < -0.3 is 32.5 Å². The number of nitrogen functional groups attached to an aromatic ring is 3. The monoisotopic (exact) mass is 1570 g/mol.